The fourth-order valence-corrected chi connectivity index (χ4v) is 2.29. The summed E-state index contributed by atoms with van der Waals surface area (Å²) in [7, 11) is 3.42. The van der Waals surface area contributed by atoms with Gasteiger partial charge in [-0.2, -0.15) is 0 Å². The van der Waals surface area contributed by atoms with Gasteiger partial charge in [0.15, 0.2) is 0 Å². The van der Waals surface area contributed by atoms with Crippen LogP contribution in [0.1, 0.15) is 18.9 Å². The fraction of sp³-hybridized carbons (Fsp3) is 0.500. The van der Waals surface area contributed by atoms with E-state index in [1.165, 1.54) is 11.1 Å². The molecule has 0 radical (unpaired) electrons. The van der Waals surface area contributed by atoms with Crippen LogP contribution in [-0.2, 0) is 11.2 Å². The van der Waals surface area contributed by atoms with Gasteiger partial charge < -0.3 is 14.8 Å². The van der Waals surface area contributed by atoms with Crippen molar-refractivity contribution in [3.8, 4) is 5.75 Å². The molecule has 0 spiro atoms. The summed E-state index contributed by atoms with van der Waals surface area (Å²) >= 11 is 3.59. The zero-order chi connectivity index (χ0) is 14.8. The Kier molecular flexibility index (Phi) is 8.58. The highest BCUT2D eigenvalue weighted by molar-refractivity contribution is 9.10. The van der Waals surface area contributed by atoms with Crippen molar-refractivity contribution in [2.45, 2.75) is 19.8 Å². The number of allylic oxidation sites excluding steroid dienone is 1. The number of hydrogen-bond donors (Lipinski definition) is 1. The maximum absolute atomic E-state index is 5.27. The molecule has 0 unspecified atom stereocenters. The van der Waals surface area contributed by atoms with Crippen LogP contribution >= 0.6 is 15.9 Å². The molecule has 0 saturated heterocycles. The third-order valence-corrected chi connectivity index (χ3v) is 3.79. The molecule has 0 aliphatic heterocycles. The number of hydrogen-bond acceptors (Lipinski definition) is 3. The quantitative estimate of drug-likeness (QED) is 0.550. The number of methoxy groups -OCH3 is 2. The highest BCUT2D eigenvalue weighted by atomic mass is 79.9. The van der Waals surface area contributed by atoms with Crippen molar-refractivity contribution in [3.05, 3.63) is 39.9 Å². The minimum Gasteiger partial charge on any atom is -0.497 e. The number of rotatable bonds is 9. The fourth-order valence-electron chi connectivity index (χ4n) is 1.91. The van der Waals surface area contributed by atoms with Crippen LogP contribution in [0.4, 0.5) is 0 Å². The standard InChI is InChI=1S/C16H24BrNO2/c1-13(5-4-8-18-9-10-19-2)11-14-12-15(20-3)6-7-16(14)17/h5-7,12,18H,4,8-11H2,1-3H3. The molecule has 0 aromatic heterocycles. The van der Waals surface area contributed by atoms with Gasteiger partial charge in [0, 0.05) is 18.1 Å². The van der Waals surface area contributed by atoms with Crippen LogP contribution in [0, 0.1) is 0 Å². The highest BCUT2D eigenvalue weighted by Crippen LogP contribution is 2.24. The Morgan fingerprint density at radius 3 is 2.80 bits per heavy atom. The van der Waals surface area contributed by atoms with E-state index in [4.69, 9.17) is 9.47 Å². The Morgan fingerprint density at radius 2 is 2.10 bits per heavy atom. The first kappa shape index (κ1) is 17.2. The van der Waals surface area contributed by atoms with Crippen molar-refractivity contribution in [2.75, 3.05) is 33.9 Å². The Balaban J connectivity index is 2.42. The van der Waals surface area contributed by atoms with E-state index in [2.05, 4.69) is 40.3 Å². The molecule has 0 amide bonds. The van der Waals surface area contributed by atoms with Gasteiger partial charge in [0.05, 0.1) is 13.7 Å². The molecule has 4 heteroatoms. The highest BCUT2D eigenvalue weighted by Gasteiger charge is 2.03. The predicted molar refractivity (Wildman–Crippen MR) is 87.5 cm³/mol. The second-order valence-electron chi connectivity index (χ2n) is 4.72. The molecule has 0 atom stereocenters. The van der Waals surface area contributed by atoms with Gasteiger partial charge in [0.2, 0.25) is 0 Å². The van der Waals surface area contributed by atoms with E-state index in [0.717, 1.165) is 42.8 Å². The number of ether oxygens (including phenoxy) is 2. The van der Waals surface area contributed by atoms with Gasteiger partial charge in [0.1, 0.15) is 5.75 Å². The number of benzene rings is 1. The van der Waals surface area contributed by atoms with E-state index in [1.807, 2.05) is 12.1 Å². The zero-order valence-corrected chi connectivity index (χ0v) is 14.1. The summed E-state index contributed by atoms with van der Waals surface area (Å²) in [4.78, 5) is 0. The van der Waals surface area contributed by atoms with Gasteiger partial charge in [-0.05, 0) is 50.1 Å². The van der Waals surface area contributed by atoms with Gasteiger partial charge >= 0.3 is 0 Å². The largest absolute Gasteiger partial charge is 0.497 e. The topological polar surface area (TPSA) is 30.5 Å². The van der Waals surface area contributed by atoms with Crippen molar-refractivity contribution in [1.29, 1.82) is 0 Å². The van der Waals surface area contributed by atoms with Crippen molar-refractivity contribution in [2.24, 2.45) is 0 Å². The summed E-state index contributed by atoms with van der Waals surface area (Å²) in [5, 5.41) is 3.34. The lowest BCUT2D eigenvalue weighted by Gasteiger charge is -2.08. The summed E-state index contributed by atoms with van der Waals surface area (Å²) in [5.41, 5.74) is 2.62. The van der Waals surface area contributed by atoms with Crippen molar-refractivity contribution < 1.29 is 9.47 Å². The van der Waals surface area contributed by atoms with E-state index in [1.54, 1.807) is 14.2 Å². The molecular formula is C16H24BrNO2. The molecule has 3 nitrogen and oxygen atoms in total. The lowest BCUT2D eigenvalue weighted by molar-refractivity contribution is 0.199. The lowest BCUT2D eigenvalue weighted by Crippen LogP contribution is -2.19. The zero-order valence-electron chi connectivity index (χ0n) is 12.5. The number of halogens is 1. The molecule has 1 aromatic rings. The smallest absolute Gasteiger partial charge is 0.119 e. The molecular weight excluding hydrogens is 318 g/mol. The van der Waals surface area contributed by atoms with Crippen molar-refractivity contribution in [1.82, 2.24) is 5.32 Å². The van der Waals surface area contributed by atoms with E-state index >= 15 is 0 Å². The Bertz CT molecular complexity index is 432. The monoisotopic (exact) mass is 341 g/mol. The van der Waals surface area contributed by atoms with Gasteiger partial charge in [-0.3, -0.25) is 0 Å². The second kappa shape index (κ2) is 9.97. The summed E-state index contributed by atoms with van der Waals surface area (Å²) in [6.07, 6.45) is 4.26. The molecule has 0 fully saturated rings. The first-order valence-corrected chi connectivity index (χ1v) is 7.64. The third-order valence-electron chi connectivity index (χ3n) is 3.02. The average molecular weight is 342 g/mol. The van der Waals surface area contributed by atoms with Crippen LogP contribution in [0.2, 0.25) is 0 Å². The number of nitrogens with one attached hydrogen (secondary N) is 1. The molecule has 1 N–H and O–H groups in total. The molecule has 0 saturated carbocycles. The van der Waals surface area contributed by atoms with Crippen LogP contribution in [0.5, 0.6) is 5.75 Å². The lowest BCUT2D eigenvalue weighted by atomic mass is 10.1. The molecule has 0 aliphatic rings. The summed E-state index contributed by atoms with van der Waals surface area (Å²) in [6.45, 7) is 4.82. The average Bonchev–Trinajstić information content (AvgIpc) is 2.45. The summed E-state index contributed by atoms with van der Waals surface area (Å²) in [5.74, 6) is 0.900. The molecule has 0 heterocycles. The molecule has 112 valence electrons. The first-order chi connectivity index (χ1) is 9.67. The normalized spacial score (nSPS) is 11.7. The van der Waals surface area contributed by atoms with Crippen LogP contribution in [0.3, 0.4) is 0 Å². The van der Waals surface area contributed by atoms with Crippen molar-refractivity contribution in [3.63, 3.8) is 0 Å². The molecule has 0 aliphatic carbocycles. The molecule has 20 heavy (non-hydrogen) atoms. The predicted octanol–water partition coefficient (Wildman–Crippen LogP) is 3.57. The van der Waals surface area contributed by atoms with Crippen LogP contribution in [0.25, 0.3) is 0 Å². The van der Waals surface area contributed by atoms with E-state index < -0.39 is 0 Å². The van der Waals surface area contributed by atoms with Crippen LogP contribution in [-0.4, -0.2) is 33.9 Å². The Morgan fingerprint density at radius 1 is 1.30 bits per heavy atom. The van der Waals surface area contributed by atoms with Crippen LogP contribution in [0.15, 0.2) is 34.3 Å². The molecule has 1 aromatic carbocycles. The molecule has 0 bridgehead atoms. The first-order valence-electron chi connectivity index (χ1n) is 6.85. The van der Waals surface area contributed by atoms with E-state index in [9.17, 15) is 0 Å². The maximum Gasteiger partial charge on any atom is 0.119 e. The van der Waals surface area contributed by atoms with E-state index in [-0.39, 0.29) is 0 Å². The van der Waals surface area contributed by atoms with E-state index in [0.29, 0.717) is 0 Å². The Labute approximate surface area is 130 Å². The van der Waals surface area contributed by atoms with Crippen molar-refractivity contribution >= 4 is 15.9 Å². The van der Waals surface area contributed by atoms with Gasteiger partial charge in [0.25, 0.3) is 0 Å². The Hall–Kier alpha value is -0.840. The maximum atomic E-state index is 5.27. The summed E-state index contributed by atoms with van der Waals surface area (Å²) < 4.78 is 11.4. The summed E-state index contributed by atoms with van der Waals surface area (Å²) in [6, 6.07) is 6.08. The minimum atomic E-state index is 0.763. The SMILES string of the molecule is COCCNCCC=C(C)Cc1cc(OC)ccc1Br. The third kappa shape index (κ3) is 6.55. The van der Waals surface area contributed by atoms with Gasteiger partial charge in [-0.15, -0.1) is 0 Å². The van der Waals surface area contributed by atoms with Gasteiger partial charge in [-0.1, -0.05) is 27.6 Å². The molecule has 1 rings (SSSR count). The van der Waals surface area contributed by atoms with Gasteiger partial charge in [-0.25, -0.2) is 0 Å². The minimum absolute atomic E-state index is 0.763. The second-order valence-corrected chi connectivity index (χ2v) is 5.57. The van der Waals surface area contributed by atoms with Crippen LogP contribution < -0.4 is 10.1 Å².